The third-order valence-electron chi connectivity index (χ3n) is 3.61. The molecule has 19 heavy (non-hydrogen) atoms. The molecule has 6 heteroatoms. The van der Waals surface area contributed by atoms with E-state index in [0.29, 0.717) is 13.1 Å². The number of aliphatic hydroxyl groups is 1. The number of carboxylic acid groups (broad SMARTS) is 1. The van der Waals surface area contributed by atoms with Gasteiger partial charge in [-0.3, -0.25) is 4.79 Å². The van der Waals surface area contributed by atoms with Gasteiger partial charge in [0.1, 0.15) is 0 Å². The second kappa shape index (κ2) is 6.75. The molecule has 0 aromatic carbocycles. The minimum Gasteiger partial charge on any atom is -0.481 e. The Morgan fingerprint density at radius 3 is 2.42 bits per heavy atom. The van der Waals surface area contributed by atoms with Crippen molar-refractivity contribution in [1.82, 2.24) is 9.80 Å². The average molecular weight is 272 g/mol. The number of aliphatic hydroxyl groups excluding tert-OH is 1. The van der Waals surface area contributed by atoms with Gasteiger partial charge in [-0.05, 0) is 27.2 Å². The summed E-state index contributed by atoms with van der Waals surface area (Å²) in [5, 5.41) is 18.3. The molecule has 1 heterocycles. The van der Waals surface area contributed by atoms with Gasteiger partial charge in [-0.15, -0.1) is 0 Å². The molecule has 6 nitrogen and oxygen atoms in total. The lowest BCUT2D eigenvalue weighted by atomic mass is 10.0. The van der Waals surface area contributed by atoms with Crippen molar-refractivity contribution in [2.45, 2.75) is 45.8 Å². The van der Waals surface area contributed by atoms with Crippen molar-refractivity contribution >= 4 is 12.0 Å². The van der Waals surface area contributed by atoms with Crippen molar-refractivity contribution < 1.29 is 19.8 Å². The van der Waals surface area contributed by atoms with Gasteiger partial charge in [-0.1, -0.05) is 0 Å². The summed E-state index contributed by atoms with van der Waals surface area (Å²) in [5.74, 6) is -0.779. The Balaban J connectivity index is 2.60. The summed E-state index contributed by atoms with van der Waals surface area (Å²) < 4.78 is 0. The highest BCUT2D eigenvalue weighted by Crippen LogP contribution is 2.21. The molecule has 1 aliphatic rings. The highest BCUT2D eigenvalue weighted by Gasteiger charge is 2.32. The fourth-order valence-corrected chi connectivity index (χ4v) is 2.33. The molecule has 1 fully saturated rings. The molecule has 0 spiro atoms. The van der Waals surface area contributed by atoms with E-state index < -0.39 is 12.1 Å². The second-order valence-corrected chi connectivity index (χ2v) is 5.45. The number of urea groups is 1. The predicted molar refractivity (Wildman–Crippen MR) is 70.9 cm³/mol. The molecular weight excluding hydrogens is 248 g/mol. The minimum absolute atomic E-state index is 0.0301. The predicted octanol–water partition coefficient (Wildman–Crippen LogP) is 0.994. The van der Waals surface area contributed by atoms with E-state index in [4.69, 9.17) is 5.11 Å². The highest BCUT2D eigenvalue weighted by molar-refractivity contribution is 5.76. The summed E-state index contributed by atoms with van der Waals surface area (Å²) in [7, 11) is 0. The quantitative estimate of drug-likeness (QED) is 0.782. The second-order valence-electron chi connectivity index (χ2n) is 5.45. The van der Waals surface area contributed by atoms with Crippen molar-refractivity contribution in [3.63, 3.8) is 0 Å². The number of aliphatic carboxylic acids is 1. The first-order valence-corrected chi connectivity index (χ1v) is 6.78. The Labute approximate surface area is 114 Å². The van der Waals surface area contributed by atoms with Crippen LogP contribution in [0.1, 0.15) is 33.6 Å². The summed E-state index contributed by atoms with van der Waals surface area (Å²) in [6, 6.07) is -0.156. The monoisotopic (exact) mass is 272 g/mol. The van der Waals surface area contributed by atoms with Crippen LogP contribution in [0, 0.1) is 5.92 Å². The maximum Gasteiger partial charge on any atom is 0.320 e. The van der Waals surface area contributed by atoms with Crippen molar-refractivity contribution in [2.24, 2.45) is 5.92 Å². The number of likely N-dealkylation sites (tertiary alicyclic amines) is 1. The number of rotatable bonds is 5. The zero-order valence-corrected chi connectivity index (χ0v) is 11.9. The van der Waals surface area contributed by atoms with Gasteiger partial charge >= 0.3 is 12.0 Å². The van der Waals surface area contributed by atoms with E-state index in [1.165, 1.54) is 0 Å². The standard InChI is InChI=1S/C13H24N2O4/c1-9(2)15(7-5-12(17)18)13(19)14-6-4-11(8-14)10(3)16/h9-11,16H,4-8H2,1-3H3,(H,17,18). The lowest BCUT2D eigenvalue weighted by Gasteiger charge is -2.31. The lowest BCUT2D eigenvalue weighted by Crippen LogP contribution is -2.46. The van der Waals surface area contributed by atoms with Crippen LogP contribution in [0.3, 0.4) is 0 Å². The molecule has 2 N–H and O–H groups in total. The zero-order valence-electron chi connectivity index (χ0n) is 11.9. The van der Waals surface area contributed by atoms with Gasteiger partial charge in [-0.25, -0.2) is 4.79 Å². The number of carbonyl (C=O) groups excluding carboxylic acids is 1. The van der Waals surface area contributed by atoms with E-state index in [2.05, 4.69) is 0 Å². The Bertz CT molecular complexity index is 331. The van der Waals surface area contributed by atoms with Crippen LogP contribution in [-0.2, 0) is 4.79 Å². The molecule has 0 saturated carbocycles. The van der Waals surface area contributed by atoms with Gasteiger partial charge in [0.15, 0.2) is 0 Å². The third kappa shape index (κ3) is 4.38. The van der Waals surface area contributed by atoms with E-state index in [9.17, 15) is 14.7 Å². The van der Waals surface area contributed by atoms with Gasteiger partial charge in [0.25, 0.3) is 0 Å². The van der Waals surface area contributed by atoms with Crippen molar-refractivity contribution in [3.05, 3.63) is 0 Å². The van der Waals surface area contributed by atoms with Crippen LogP contribution in [-0.4, -0.2) is 63.8 Å². The van der Waals surface area contributed by atoms with Crippen LogP contribution in [0.2, 0.25) is 0 Å². The van der Waals surface area contributed by atoms with E-state index in [1.807, 2.05) is 13.8 Å². The number of carbonyl (C=O) groups is 2. The summed E-state index contributed by atoms with van der Waals surface area (Å²) in [4.78, 5) is 26.3. The van der Waals surface area contributed by atoms with Crippen molar-refractivity contribution in [2.75, 3.05) is 19.6 Å². The lowest BCUT2D eigenvalue weighted by molar-refractivity contribution is -0.137. The molecule has 2 atom stereocenters. The normalized spacial score (nSPS) is 20.7. The van der Waals surface area contributed by atoms with E-state index in [1.54, 1.807) is 16.7 Å². The molecule has 1 saturated heterocycles. The first-order valence-electron chi connectivity index (χ1n) is 6.78. The number of hydrogen-bond acceptors (Lipinski definition) is 3. The first-order chi connectivity index (χ1) is 8.82. The average Bonchev–Trinajstić information content (AvgIpc) is 2.77. The van der Waals surface area contributed by atoms with Crippen LogP contribution in [0.4, 0.5) is 4.79 Å². The van der Waals surface area contributed by atoms with Crippen LogP contribution >= 0.6 is 0 Å². The number of amides is 2. The maximum absolute atomic E-state index is 12.3. The molecule has 0 radical (unpaired) electrons. The Morgan fingerprint density at radius 1 is 1.37 bits per heavy atom. The summed E-state index contributed by atoms with van der Waals surface area (Å²) in [6.07, 6.45) is 0.343. The largest absolute Gasteiger partial charge is 0.481 e. The zero-order chi connectivity index (χ0) is 14.6. The van der Waals surface area contributed by atoms with E-state index in [0.717, 1.165) is 6.42 Å². The van der Waals surface area contributed by atoms with Crippen molar-refractivity contribution in [3.8, 4) is 0 Å². The molecular formula is C13H24N2O4. The molecule has 0 aromatic rings. The smallest absolute Gasteiger partial charge is 0.320 e. The topological polar surface area (TPSA) is 81.1 Å². The molecule has 0 aliphatic carbocycles. The molecule has 1 aliphatic heterocycles. The fraction of sp³-hybridized carbons (Fsp3) is 0.846. The summed E-state index contributed by atoms with van der Waals surface area (Å²) in [5.41, 5.74) is 0. The minimum atomic E-state index is -0.901. The highest BCUT2D eigenvalue weighted by atomic mass is 16.4. The van der Waals surface area contributed by atoms with Crippen LogP contribution in [0.25, 0.3) is 0 Å². The fourth-order valence-electron chi connectivity index (χ4n) is 2.33. The van der Waals surface area contributed by atoms with Gasteiger partial charge in [-0.2, -0.15) is 0 Å². The number of nitrogens with zero attached hydrogens (tertiary/aromatic N) is 2. The van der Waals surface area contributed by atoms with E-state index in [-0.39, 0.29) is 31.0 Å². The van der Waals surface area contributed by atoms with E-state index >= 15 is 0 Å². The first kappa shape index (κ1) is 15.8. The van der Waals surface area contributed by atoms with Crippen LogP contribution in [0.15, 0.2) is 0 Å². The molecule has 110 valence electrons. The van der Waals surface area contributed by atoms with Crippen LogP contribution in [0.5, 0.6) is 0 Å². The third-order valence-corrected chi connectivity index (χ3v) is 3.61. The Hall–Kier alpha value is -1.30. The maximum atomic E-state index is 12.3. The molecule has 0 aromatic heterocycles. The Kier molecular flexibility index (Phi) is 5.60. The molecule has 2 amide bonds. The SMILES string of the molecule is CC(O)C1CCN(C(=O)N(CCC(=O)O)C(C)C)C1. The summed E-state index contributed by atoms with van der Waals surface area (Å²) in [6.45, 7) is 6.90. The van der Waals surface area contributed by atoms with Crippen molar-refractivity contribution in [1.29, 1.82) is 0 Å². The molecule has 2 unspecified atom stereocenters. The van der Waals surface area contributed by atoms with Gasteiger partial charge in [0.2, 0.25) is 0 Å². The van der Waals surface area contributed by atoms with Gasteiger partial charge in [0.05, 0.1) is 12.5 Å². The van der Waals surface area contributed by atoms with Gasteiger partial charge < -0.3 is 20.0 Å². The number of hydrogen-bond donors (Lipinski definition) is 2. The number of carboxylic acids is 1. The molecule has 0 bridgehead atoms. The summed E-state index contributed by atoms with van der Waals surface area (Å²) >= 11 is 0. The Morgan fingerprint density at radius 2 is 2.00 bits per heavy atom. The van der Waals surface area contributed by atoms with Gasteiger partial charge in [0, 0.05) is 31.6 Å². The van der Waals surface area contributed by atoms with Crippen LogP contribution < -0.4 is 0 Å². The molecule has 1 rings (SSSR count).